The molecule has 0 spiro atoms. The highest BCUT2D eigenvalue weighted by Crippen LogP contribution is 2.18. The van der Waals surface area contributed by atoms with Gasteiger partial charge in [0.1, 0.15) is 12.4 Å². The van der Waals surface area contributed by atoms with Gasteiger partial charge in [0.15, 0.2) is 0 Å². The summed E-state index contributed by atoms with van der Waals surface area (Å²) in [6, 6.07) is 17.9. The van der Waals surface area contributed by atoms with E-state index in [-0.39, 0.29) is 18.2 Å². The van der Waals surface area contributed by atoms with Gasteiger partial charge in [0.2, 0.25) is 0 Å². The van der Waals surface area contributed by atoms with E-state index in [9.17, 15) is 4.39 Å². The van der Waals surface area contributed by atoms with Crippen molar-refractivity contribution in [2.45, 2.75) is 25.8 Å². The first-order chi connectivity index (χ1) is 10.3. The molecular weight excluding hydrogens is 297 g/mol. The van der Waals surface area contributed by atoms with Crippen molar-refractivity contribution in [1.82, 2.24) is 0 Å². The number of quaternary nitrogens is 1. The van der Waals surface area contributed by atoms with Gasteiger partial charge in [0.05, 0.1) is 13.1 Å². The third-order valence-electron chi connectivity index (χ3n) is 4.58. The summed E-state index contributed by atoms with van der Waals surface area (Å²) in [6.45, 7) is 3.52. The third-order valence-corrected chi connectivity index (χ3v) is 4.58. The van der Waals surface area contributed by atoms with Crippen LogP contribution in [0.15, 0.2) is 54.6 Å². The Hall–Kier alpha value is -1.38. The number of benzene rings is 2. The molecule has 1 heterocycles. The molecule has 0 radical (unpaired) electrons. The number of hydrogen-bond acceptors (Lipinski definition) is 0. The third kappa shape index (κ3) is 4.56. The second kappa shape index (κ2) is 8.30. The summed E-state index contributed by atoms with van der Waals surface area (Å²) in [5.41, 5.74) is 2.30. The molecule has 22 heavy (non-hydrogen) atoms. The second-order valence-electron chi connectivity index (χ2n) is 6.15. The van der Waals surface area contributed by atoms with E-state index < -0.39 is 0 Å². The van der Waals surface area contributed by atoms with E-state index in [2.05, 4.69) is 30.3 Å². The van der Waals surface area contributed by atoms with Crippen molar-refractivity contribution in [2.75, 3.05) is 13.1 Å². The Balaban J connectivity index is 0.00000176. The first-order valence-corrected chi connectivity index (χ1v) is 7.92. The van der Waals surface area contributed by atoms with Gasteiger partial charge in [-0.1, -0.05) is 48.5 Å². The molecule has 1 aliphatic rings. The van der Waals surface area contributed by atoms with Crippen LogP contribution in [0.4, 0.5) is 4.39 Å². The smallest absolute Gasteiger partial charge is 0.126 e. The van der Waals surface area contributed by atoms with E-state index >= 15 is 0 Å². The summed E-state index contributed by atoms with van der Waals surface area (Å²) in [5, 5.41) is 0. The lowest BCUT2D eigenvalue weighted by molar-refractivity contribution is -0.919. The van der Waals surface area contributed by atoms with Crippen LogP contribution in [0.1, 0.15) is 24.0 Å². The summed E-state index contributed by atoms with van der Waals surface area (Å²) in [5.74, 6) is 0.595. The maximum Gasteiger partial charge on any atom is 0.126 e. The van der Waals surface area contributed by atoms with Crippen molar-refractivity contribution >= 4 is 0 Å². The molecule has 0 unspecified atom stereocenters. The van der Waals surface area contributed by atoms with Crippen molar-refractivity contribution in [3.8, 4) is 0 Å². The molecular formula is C19H23ClFN. The topological polar surface area (TPSA) is 4.44 Å². The lowest BCUT2D eigenvalue weighted by Crippen LogP contribution is -3.11. The lowest BCUT2D eigenvalue weighted by Gasteiger charge is -2.29. The average molecular weight is 320 g/mol. The van der Waals surface area contributed by atoms with Crippen LogP contribution in [-0.4, -0.2) is 13.1 Å². The Kier molecular flexibility index (Phi) is 6.41. The Bertz CT molecular complexity index is 565. The standard InChI is InChI=1S/C19H22FN.ClH/c20-19-9-5-4-8-18(19)14-16-10-12-21(13-11-16)15-17-6-2-1-3-7-17;/h1-9,16H,10-15H2;1H. The van der Waals surface area contributed by atoms with Crippen LogP contribution in [0.3, 0.4) is 0 Å². The van der Waals surface area contributed by atoms with E-state index in [0.717, 1.165) is 18.5 Å². The molecule has 2 aromatic carbocycles. The molecule has 1 fully saturated rings. The van der Waals surface area contributed by atoms with Gasteiger partial charge >= 0.3 is 0 Å². The highest BCUT2D eigenvalue weighted by Gasteiger charge is 2.23. The molecule has 118 valence electrons. The minimum Gasteiger partial charge on any atom is -1.00 e. The molecule has 2 aromatic rings. The monoisotopic (exact) mass is 319 g/mol. The predicted molar refractivity (Wildman–Crippen MR) is 83.7 cm³/mol. The quantitative estimate of drug-likeness (QED) is 0.801. The Morgan fingerprint density at radius 2 is 1.55 bits per heavy atom. The van der Waals surface area contributed by atoms with E-state index in [4.69, 9.17) is 0 Å². The molecule has 0 bridgehead atoms. The predicted octanol–water partition coefficient (Wildman–Crippen LogP) is -0.133. The minimum atomic E-state index is -0.0448. The summed E-state index contributed by atoms with van der Waals surface area (Å²) >= 11 is 0. The Morgan fingerprint density at radius 3 is 2.23 bits per heavy atom. The summed E-state index contributed by atoms with van der Waals surface area (Å²) < 4.78 is 13.7. The molecule has 0 aromatic heterocycles. The number of likely N-dealkylation sites (tertiary alicyclic amines) is 1. The largest absolute Gasteiger partial charge is 1.00 e. The van der Waals surface area contributed by atoms with E-state index in [1.807, 2.05) is 12.1 Å². The van der Waals surface area contributed by atoms with Crippen molar-refractivity contribution in [3.05, 3.63) is 71.5 Å². The number of rotatable bonds is 4. The van der Waals surface area contributed by atoms with Crippen molar-refractivity contribution in [1.29, 1.82) is 0 Å². The van der Waals surface area contributed by atoms with Crippen LogP contribution in [0, 0.1) is 11.7 Å². The Morgan fingerprint density at radius 1 is 0.909 bits per heavy atom. The molecule has 3 rings (SSSR count). The molecule has 0 atom stereocenters. The normalized spacial score (nSPS) is 21.1. The fraction of sp³-hybridized carbons (Fsp3) is 0.368. The second-order valence-corrected chi connectivity index (χ2v) is 6.15. The number of piperidine rings is 1. The first-order valence-electron chi connectivity index (χ1n) is 7.92. The molecule has 1 saturated heterocycles. The van der Waals surface area contributed by atoms with Crippen molar-refractivity contribution in [3.63, 3.8) is 0 Å². The summed E-state index contributed by atoms with van der Waals surface area (Å²) in [4.78, 5) is 1.66. The molecule has 1 nitrogen and oxygen atoms in total. The van der Waals surface area contributed by atoms with Crippen molar-refractivity contribution < 1.29 is 21.7 Å². The minimum absolute atomic E-state index is 0. The van der Waals surface area contributed by atoms with Gasteiger partial charge in [-0.05, 0) is 36.8 Å². The Labute approximate surface area is 138 Å². The maximum atomic E-state index is 13.7. The van der Waals surface area contributed by atoms with Gasteiger partial charge in [-0.15, -0.1) is 0 Å². The lowest BCUT2D eigenvalue weighted by atomic mass is 9.90. The van der Waals surface area contributed by atoms with Crippen LogP contribution in [0.25, 0.3) is 0 Å². The highest BCUT2D eigenvalue weighted by molar-refractivity contribution is 5.18. The summed E-state index contributed by atoms with van der Waals surface area (Å²) in [7, 11) is 0. The fourth-order valence-electron chi connectivity index (χ4n) is 3.33. The van der Waals surface area contributed by atoms with E-state index in [1.165, 1.54) is 31.5 Å². The molecule has 1 aliphatic heterocycles. The first kappa shape index (κ1) is 17.0. The summed E-state index contributed by atoms with van der Waals surface area (Å²) in [6.07, 6.45) is 3.30. The van der Waals surface area contributed by atoms with Crippen LogP contribution in [-0.2, 0) is 13.0 Å². The van der Waals surface area contributed by atoms with Crippen LogP contribution >= 0.6 is 0 Å². The highest BCUT2D eigenvalue weighted by atomic mass is 35.5. The van der Waals surface area contributed by atoms with E-state index in [1.54, 1.807) is 17.0 Å². The van der Waals surface area contributed by atoms with Crippen LogP contribution in [0.2, 0.25) is 0 Å². The zero-order valence-corrected chi connectivity index (χ0v) is 13.5. The van der Waals surface area contributed by atoms with Gasteiger partial charge in [0.25, 0.3) is 0 Å². The maximum absolute atomic E-state index is 13.7. The van der Waals surface area contributed by atoms with Crippen LogP contribution < -0.4 is 17.3 Å². The molecule has 3 heteroatoms. The van der Waals surface area contributed by atoms with Crippen LogP contribution in [0.5, 0.6) is 0 Å². The number of hydrogen-bond donors (Lipinski definition) is 1. The van der Waals surface area contributed by atoms with Gasteiger partial charge in [-0.2, -0.15) is 0 Å². The van der Waals surface area contributed by atoms with Gasteiger partial charge in [0, 0.05) is 5.56 Å². The number of nitrogens with one attached hydrogen (secondary N) is 1. The van der Waals surface area contributed by atoms with Gasteiger partial charge in [-0.3, -0.25) is 0 Å². The number of halogens is 2. The molecule has 0 aliphatic carbocycles. The van der Waals surface area contributed by atoms with Gasteiger partial charge < -0.3 is 17.3 Å². The molecule has 0 amide bonds. The molecule has 1 N–H and O–H groups in total. The van der Waals surface area contributed by atoms with Crippen molar-refractivity contribution in [2.24, 2.45) is 5.92 Å². The SMILES string of the molecule is Fc1ccccc1CC1CC[NH+](Cc2ccccc2)CC1.[Cl-]. The zero-order chi connectivity index (χ0) is 14.5. The zero-order valence-electron chi connectivity index (χ0n) is 12.8. The van der Waals surface area contributed by atoms with E-state index in [0.29, 0.717) is 5.92 Å². The average Bonchev–Trinajstić information content (AvgIpc) is 2.52. The fourth-order valence-corrected chi connectivity index (χ4v) is 3.33. The molecule has 0 saturated carbocycles. The van der Waals surface area contributed by atoms with Gasteiger partial charge in [-0.25, -0.2) is 4.39 Å².